The lowest BCUT2D eigenvalue weighted by Gasteiger charge is -2.03. The Morgan fingerprint density at radius 2 is 2.04 bits per heavy atom. The summed E-state index contributed by atoms with van der Waals surface area (Å²) < 4.78 is 0. The normalized spacial score (nSPS) is 13.8. The number of nitrogens with one attached hydrogen (secondary N) is 1. The van der Waals surface area contributed by atoms with Crippen molar-refractivity contribution < 1.29 is 9.90 Å². The molecule has 0 fully saturated rings. The van der Waals surface area contributed by atoms with Gasteiger partial charge >= 0.3 is 0 Å². The Morgan fingerprint density at radius 1 is 1.19 bits per heavy atom. The highest BCUT2D eigenvalue weighted by atomic mass is 32.1. The van der Waals surface area contributed by atoms with E-state index < -0.39 is 0 Å². The summed E-state index contributed by atoms with van der Waals surface area (Å²) in [6.07, 6.45) is 3.66. The number of allylic oxidation sites excluding steroid dienone is 1. The number of thiazole rings is 1. The van der Waals surface area contributed by atoms with Crippen molar-refractivity contribution in [3.63, 3.8) is 0 Å². The first-order valence-electron chi connectivity index (χ1n) is 8.03. The Balaban J connectivity index is 1.61. The molecule has 2 heterocycles. The fourth-order valence-electron chi connectivity index (χ4n) is 2.71. The molecule has 1 aliphatic heterocycles. The maximum Gasteiger partial charge on any atom is 0.231 e. The zero-order valence-electron chi connectivity index (χ0n) is 13.9. The van der Waals surface area contributed by atoms with Crippen molar-refractivity contribution >= 4 is 51.5 Å². The minimum absolute atomic E-state index is 0.000226. The number of Topliss-reactive ketones (excluding diaryl/α,β-unsaturated/α-hetero) is 1. The second kappa shape index (κ2) is 6.57. The van der Waals surface area contributed by atoms with Crippen LogP contribution >= 0.6 is 11.3 Å². The number of hydrogen-bond acceptors (Lipinski definition) is 6. The molecule has 128 valence electrons. The zero-order chi connectivity index (χ0) is 18.1. The first-order valence-corrected chi connectivity index (χ1v) is 8.85. The second-order valence-electron chi connectivity index (χ2n) is 5.84. The van der Waals surface area contributed by atoms with Gasteiger partial charge in [0.15, 0.2) is 10.9 Å². The van der Waals surface area contributed by atoms with Crippen LogP contribution in [0, 0.1) is 0 Å². The van der Waals surface area contributed by atoms with Crippen molar-refractivity contribution in [1.82, 2.24) is 4.98 Å². The quantitative estimate of drug-likeness (QED) is 0.638. The van der Waals surface area contributed by atoms with Gasteiger partial charge in [0.25, 0.3) is 0 Å². The summed E-state index contributed by atoms with van der Waals surface area (Å²) in [6, 6.07) is 15.0. The summed E-state index contributed by atoms with van der Waals surface area (Å²) in [5.74, 6) is -0.0363. The number of aliphatic imine (C=N–C) groups is 1. The summed E-state index contributed by atoms with van der Waals surface area (Å²) in [6.45, 7) is 1.53. The van der Waals surface area contributed by atoms with Crippen LogP contribution < -0.4 is 5.32 Å². The summed E-state index contributed by atoms with van der Waals surface area (Å²) in [5.41, 5.74) is 4.26. The number of para-hydroxylation sites is 1. The number of carbonyl (C=O) groups excluding carboxylic acids is 1. The molecule has 0 saturated heterocycles. The van der Waals surface area contributed by atoms with E-state index in [0.717, 1.165) is 22.5 Å². The third kappa shape index (κ3) is 3.14. The molecule has 2 N–H and O–H groups in total. The lowest BCUT2D eigenvalue weighted by molar-refractivity contribution is 0.101. The van der Waals surface area contributed by atoms with E-state index in [1.54, 1.807) is 24.4 Å². The maximum atomic E-state index is 11.5. The lowest BCUT2D eigenvalue weighted by Crippen LogP contribution is -1.94. The molecule has 2 aromatic carbocycles. The summed E-state index contributed by atoms with van der Waals surface area (Å²) >= 11 is 1.33. The Morgan fingerprint density at radius 3 is 2.88 bits per heavy atom. The van der Waals surface area contributed by atoms with Crippen LogP contribution in [0.25, 0.3) is 11.6 Å². The van der Waals surface area contributed by atoms with E-state index in [-0.39, 0.29) is 11.7 Å². The molecule has 0 saturated carbocycles. The van der Waals surface area contributed by atoms with Gasteiger partial charge in [0.2, 0.25) is 5.88 Å². The summed E-state index contributed by atoms with van der Waals surface area (Å²) in [5, 5.41) is 13.9. The van der Waals surface area contributed by atoms with Crippen molar-refractivity contribution in [3.05, 3.63) is 64.5 Å². The van der Waals surface area contributed by atoms with Gasteiger partial charge in [-0.05, 0) is 31.2 Å². The molecule has 0 atom stereocenters. The minimum Gasteiger partial charge on any atom is -0.492 e. The number of carbonyl (C=O) groups is 1. The SMILES string of the molecule is CC(=O)c1cccc(Nc2nc(O)c(C=C3C=Nc4ccccc43)s2)c1. The topological polar surface area (TPSA) is 74.6 Å². The van der Waals surface area contributed by atoms with Crippen molar-refractivity contribution in [1.29, 1.82) is 0 Å². The van der Waals surface area contributed by atoms with Crippen LogP contribution in [0.1, 0.15) is 27.7 Å². The van der Waals surface area contributed by atoms with E-state index in [2.05, 4.69) is 15.3 Å². The Labute approximate surface area is 154 Å². The Hall–Kier alpha value is -3.25. The number of ketones is 1. The van der Waals surface area contributed by atoms with Crippen LogP contribution in [-0.4, -0.2) is 22.1 Å². The molecule has 0 bridgehead atoms. The van der Waals surface area contributed by atoms with Gasteiger partial charge in [0, 0.05) is 28.6 Å². The molecule has 5 nitrogen and oxygen atoms in total. The fraction of sp³-hybridized carbons (Fsp3) is 0.0500. The van der Waals surface area contributed by atoms with Crippen LogP contribution in [0.5, 0.6) is 5.88 Å². The highest BCUT2D eigenvalue weighted by molar-refractivity contribution is 7.16. The highest BCUT2D eigenvalue weighted by Crippen LogP contribution is 2.37. The van der Waals surface area contributed by atoms with E-state index in [0.29, 0.717) is 15.6 Å². The molecule has 0 amide bonds. The number of aromatic hydroxyl groups is 1. The first-order chi connectivity index (χ1) is 12.6. The molecule has 26 heavy (non-hydrogen) atoms. The molecule has 0 unspecified atom stereocenters. The maximum absolute atomic E-state index is 11.5. The molecule has 1 aliphatic rings. The van der Waals surface area contributed by atoms with Crippen molar-refractivity contribution in [2.45, 2.75) is 6.92 Å². The van der Waals surface area contributed by atoms with Gasteiger partial charge in [-0.1, -0.05) is 41.7 Å². The summed E-state index contributed by atoms with van der Waals surface area (Å²) in [4.78, 5) is 20.7. The van der Waals surface area contributed by atoms with Crippen molar-refractivity contribution in [2.75, 3.05) is 5.32 Å². The smallest absolute Gasteiger partial charge is 0.231 e. The average molecular weight is 361 g/mol. The molecule has 0 radical (unpaired) electrons. The van der Waals surface area contributed by atoms with Gasteiger partial charge in [-0.25, -0.2) is 0 Å². The zero-order valence-corrected chi connectivity index (χ0v) is 14.7. The van der Waals surface area contributed by atoms with Gasteiger partial charge in [-0.3, -0.25) is 9.79 Å². The second-order valence-corrected chi connectivity index (χ2v) is 6.87. The third-order valence-corrected chi connectivity index (χ3v) is 4.91. The van der Waals surface area contributed by atoms with E-state index in [9.17, 15) is 9.90 Å². The largest absolute Gasteiger partial charge is 0.492 e. The third-order valence-electron chi connectivity index (χ3n) is 4.00. The number of fused-ring (bicyclic) bond motifs is 1. The number of aromatic nitrogens is 1. The summed E-state index contributed by atoms with van der Waals surface area (Å²) in [7, 11) is 0. The Kier molecular flexibility index (Phi) is 4.10. The number of rotatable bonds is 4. The van der Waals surface area contributed by atoms with Crippen LogP contribution in [0.3, 0.4) is 0 Å². The van der Waals surface area contributed by atoms with E-state index in [1.807, 2.05) is 36.4 Å². The molecule has 3 aromatic rings. The van der Waals surface area contributed by atoms with E-state index in [4.69, 9.17) is 0 Å². The first kappa shape index (κ1) is 16.2. The van der Waals surface area contributed by atoms with Gasteiger partial charge in [-0.15, -0.1) is 0 Å². The van der Waals surface area contributed by atoms with Crippen LogP contribution in [0.2, 0.25) is 0 Å². The van der Waals surface area contributed by atoms with Crippen molar-refractivity contribution in [3.8, 4) is 5.88 Å². The molecular weight excluding hydrogens is 346 g/mol. The number of nitrogens with zero attached hydrogens (tertiary/aromatic N) is 2. The molecule has 0 spiro atoms. The van der Waals surface area contributed by atoms with Gasteiger partial charge < -0.3 is 10.4 Å². The van der Waals surface area contributed by atoms with Crippen molar-refractivity contribution in [2.24, 2.45) is 4.99 Å². The monoisotopic (exact) mass is 361 g/mol. The minimum atomic E-state index is -0.0366. The highest BCUT2D eigenvalue weighted by Gasteiger charge is 2.14. The van der Waals surface area contributed by atoms with Gasteiger partial charge in [-0.2, -0.15) is 4.98 Å². The number of hydrogen-bond donors (Lipinski definition) is 2. The molecule has 0 aliphatic carbocycles. The van der Waals surface area contributed by atoms with E-state index >= 15 is 0 Å². The van der Waals surface area contributed by atoms with Gasteiger partial charge in [0.1, 0.15) is 0 Å². The predicted molar refractivity (Wildman–Crippen MR) is 106 cm³/mol. The lowest BCUT2D eigenvalue weighted by atomic mass is 10.1. The van der Waals surface area contributed by atoms with Crippen LogP contribution in [-0.2, 0) is 0 Å². The predicted octanol–water partition coefficient (Wildman–Crippen LogP) is 5.05. The molecule has 4 rings (SSSR count). The number of anilines is 2. The molecule has 1 aromatic heterocycles. The number of benzene rings is 2. The fourth-order valence-corrected chi connectivity index (χ4v) is 3.54. The van der Waals surface area contributed by atoms with E-state index in [1.165, 1.54) is 18.3 Å². The standard InChI is InChI=1S/C20H15N3O2S/c1-12(24)13-5-4-6-15(9-13)22-20-23-19(25)18(26-20)10-14-11-21-17-8-3-2-7-16(14)17/h2-11,25H,1H3,(H,22,23). The van der Waals surface area contributed by atoms with Gasteiger partial charge in [0.05, 0.1) is 10.6 Å². The molecule has 6 heteroatoms. The van der Waals surface area contributed by atoms with Crippen LogP contribution in [0.4, 0.5) is 16.5 Å². The average Bonchev–Trinajstić information content (AvgIpc) is 3.19. The Bertz CT molecular complexity index is 1070. The molecular formula is C20H15N3O2S. The van der Waals surface area contributed by atoms with Crippen LogP contribution in [0.15, 0.2) is 53.5 Å².